The topological polar surface area (TPSA) is 59.5 Å². The minimum Gasteiger partial charge on any atom is -0.465 e. The van der Waals surface area contributed by atoms with E-state index < -0.39 is 0 Å². The van der Waals surface area contributed by atoms with Crippen LogP contribution >= 0.6 is 27.5 Å². The molecule has 1 aliphatic heterocycles. The Morgan fingerprint density at radius 2 is 1.96 bits per heavy atom. The van der Waals surface area contributed by atoms with Crippen LogP contribution in [0.1, 0.15) is 46.5 Å². The lowest BCUT2D eigenvalue weighted by molar-refractivity contribution is 0.0704. The number of nitrogens with zero attached hydrogens (tertiary/aromatic N) is 2. The Balaban J connectivity index is 1.48. The van der Waals surface area contributed by atoms with Crippen LogP contribution in [0.15, 0.2) is 31.5 Å². The van der Waals surface area contributed by atoms with Crippen LogP contribution in [0.4, 0.5) is 0 Å². The van der Waals surface area contributed by atoms with Crippen LogP contribution < -0.4 is 0 Å². The zero-order valence-electron chi connectivity index (χ0n) is 14.5. The van der Waals surface area contributed by atoms with E-state index in [0.29, 0.717) is 29.4 Å². The number of hydrogen-bond acceptors (Lipinski definition) is 4. The van der Waals surface area contributed by atoms with Crippen LogP contribution in [0.2, 0.25) is 5.02 Å². The Kier molecular flexibility index (Phi) is 4.57. The van der Waals surface area contributed by atoms with Gasteiger partial charge in [0.1, 0.15) is 17.0 Å². The normalized spacial score (nSPS) is 15.8. The van der Waals surface area contributed by atoms with E-state index in [9.17, 15) is 4.79 Å². The number of benzene rings is 1. The minimum absolute atomic E-state index is 0.00835. The summed E-state index contributed by atoms with van der Waals surface area (Å²) in [5, 5.41) is 0.647. The quantitative estimate of drug-likeness (QED) is 0.533. The highest BCUT2D eigenvalue weighted by Gasteiger charge is 2.30. The van der Waals surface area contributed by atoms with E-state index in [4.69, 9.17) is 20.4 Å². The van der Waals surface area contributed by atoms with Crippen molar-refractivity contribution >= 4 is 44.5 Å². The van der Waals surface area contributed by atoms with Gasteiger partial charge >= 0.3 is 0 Å². The molecule has 4 rings (SSSR count). The van der Waals surface area contributed by atoms with Crippen LogP contribution in [0, 0.1) is 13.8 Å². The van der Waals surface area contributed by atoms with Gasteiger partial charge in [-0.15, -0.1) is 0 Å². The maximum Gasteiger partial charge on any atom is 0.258 e. The molecular weight excluding hydrogens is 420 g/mol. The van der Waals surface area contributed by atoms with Gasteiger partial charge in [-0.1, -0.05) is 11.6 Å². The van der Waals surface area contributed by atoms with Crippen molar-refractivity contribution in [3.8, 4) is 0 Å². The molecule has 0 saturated carbocycles. The number of carbonyl (C=O) groups is 1. The highest BCUT2D eigenvalue weighted by Crippen LogP contribution is 2.33. The first-order chi connectivity index (χ1) is 12.4. The standard InChI is InChI=1S/C19H18BrClN2O3/c1-10-16(17(20)11(2)25-10)19(24)23-7-5-12(6-8-23)18-22-14-9-13(21)3-4-15(14)26-18/h3-4,9,12H,5-8H2,1-2H3. The summed E-state index contributed by atoms with van der Waals surface area (Å²) in [4.78, 5) is 19.3. The van der Waals surface area contributed by atoms with E-state index in [-0.39, 0.29) is 11.8 Å². The highest BCUT2D eigenvalue weighted by molar-refractivity contribution is 9.10. The summed E-state index contributed by atoms with van der Waals surface area (Å²) in [6.07, 6.45) is 1.64. The molecule has 0 aliphatic carbocycles. The first-order valence-corrected chi connectivity index (χ1v) is 9.72. The molecule has 7 heteroatoms. The van der Waals surface area contributed by atoms with Gasteiger partial charge in [0.2, 0.25) is 0 Å². The second kappa shape index (κ2) is 6.74. The number of rotatable bonds is 2. The highest BCUT2D eigenvalue weighted by atomic mass is 79.9. The molecule has 1 aliphatic rings. The Morgan fingerprint density at radius 1 is 1.23 bits per heavy atom. The van der Waals surface area contributed by atoms with Gasteiger partial charge < -0.3 is 13.7 Å². The molecule has 136 valence electrons. The third-order valence-corrected chi connectivity index (χ3v) is 6.09. The molecule has 2 aromatic heterocycles. The lowest BCUT2D eigenvalue weighted by Crippen LogP contribution is -2.38. The molecule has 0 N–H and O–H groups in total. The summed E-state index contributed by atoms with van der Waals surface area (Å²) in [6, 6.07) is 5.45. The Hall–Kier alpha value is -1.79. The molecule has 5 nitrogen and oxygen atoms in total. The average molecular weight is 438 g/mol. The third kappa shape index (κ3) is 3.05. The molecule has 3 heterocycles. The van der Waals surface area contributed by atoms with Crippen molar-refractivity contribution in [3.05, 3.63) is 50.7 Å². The number of hydrogen-bond donors (Lipinski definition) is 0. The van der Waals surface area contributed by atoms with Gasteiger partial charge in [0.25, 0.3) is 5.91 Å². The van der Waals surface area contributed by atoms with Gasteiger partial charge in [0, 0.05) is 24.0 Å². The number of oxazole rings is 1. The van der Waals surface area contributed by atoms with E-state index in [0.717, 1.165) is 40.1 Å². The molecule has 1 amide bonds. The summed E-state index contributed by atoms with van der Waals surface area (Å²) < 4.78 is 12.2. The Morgan fingerprint density at radius 3 is 2.62 bits per heavy atom. The average Bonchev–Trinajstić information content (AvgIpc) is 3.15. The summed E-state index contributed by atoms with van der Waals surface area (Å²) in [5.41, 5.74) is 2.15. The molecule has 0 atom stereocenters. The van der Waals surface area contributed by atoms with Crippen molar-refractivity contribution in [1.29, 1.82) is 0 Å². The van der Waals surface area contributed by atoms with Crippen molar-refractivity contribution in [2.75, 3.05) is 13.1 Å². The number of aromatic nitrogens is 1. The van der Waals surface area contributed by atoms with Crippen molar-refractivity contribution in [3.63, 3.8) is 0 Å². The van der Waals surface area contributed by atoms with Gasteiger partial charge in [-0.25, -0.2) is 4.98 Å². The summed E-state index contributed by atoms with van der Waals surface area (Å²) in [5.74, 6) is 2.32. The molecular formula is C19H18BrClN2O3. The zero-order chi connectivity index (χ0) is 18.4. The van der Waals surface area contributed by atoms with E-state index in [2.05, 4.69) is 20.9 Å². The van der Waals surface area contributed by atoms with Crippen LogP contribution in [-0.2, 0) is 0 Å². The summed E-state index contributed by atoms with van der Waals surface area (Å²) in [7, 11) is 0. The second-order valence-corrected chi connectivity index (χ2v) is 7.86. The van der Waals surface area contributed by atoms with E-state index >= 15 is 0 Å². The molecule has 0 bridgehead atoms. The van der Waals surface area contributed by atoms with Crippen LogP contribution in [0.5, 0.6) is 0 Å². The molecule has 1 aromatic carbocycles. The molecule has 3 aromatic rings. The van der Waals surface area contributed by atoms with Crippen molar-refractivity contribution in [1.82, 2.24) is 9.88 Å². The van der Waals surface area contributed by atoms with Gasteiger partial charge in [-0.3, -0.25) is 4.79 Å². The fraction of sp³-hybridized carbons (Fsp3) is 0.368. The molecule has 0 spiro atoms. The van der Waals surface area contributed by atoms with E-state index in [1.54, 1.807) is 6.07 Å². The lowest BCUT2D eigenvalue weighted by Gasteiger charge is -2.30. The Bertz CT molecular complexity index is 986. The van der Waals surface area contributed by atoms with Gasteiger partial charge in [-0.2, -0.15) is 0 Å². The summed E-state index contributed by atoms with van der Waals surface area (Å²) >= 11 is 9.48. The number of carbonyl (C=O) groups excluding carboxylic acids is 1. The van der Waals surface area contributed by atoms with Gasteiger partial charge in [0.15, 0.2) is 11.5 Å². The van der Waals surface area contributed by atoms with Crippen LogP contribution in [0.25, 0.3) is 11.1 Å². The number of aryl methyl sites for hydroxylation is 2. The molecule has 26 heavy (non-hydrogen) atoms. The number of amides is 1. The van der Waals surface area contributed by atoms with Gasteiger partial charge in [-0.05, 0) is 60.8 Å². The number of halogens is 2. The predicted molar refractivity (Wildman–Crippen MR) is 103 cm³/mol. The van der Waals surface area contributed by atoms with Crippen molar-refractivity contribution < 1.29 is 13.6 Å². The smallest absolute Gasteiger partial charge is 0.258 e. The number of piperidine rings is 1. The predicted octanol–water partition coefficient (Wildman–Crippen LogP) is 5.47. The number of fused-ring (bicyclic) bond motifs is 1. The van der Waals surface area contributed by atoms with E-state index in [1.165, 1.54) is 0 Å². The Labute approximate surface area is 164 Å². The minimum atomic E-state index is 0.00835. The first kappa shape index (κ1) is 17.6. The molecule has 0 unspecified atom stereocenters. The fourth-order valence-corrected chi connectivity index (χ4v) is 4.18. The van der Waals surface area contributed by atoms with E-state index in [1.807, 2.05) is 30.9 Å². The van der Waals surface area contributed by atoms with Crippen LogP contribution in [-0.4, -0.2) is 28.9 Å². The third-order valence-electron chi connectivity index (χ3n) is 4.90. The van der Waals surface area contributed by atoms with Crippen molar-refractivity contribution in [2.45, 2.75) is 32.6 Å². The largest absolute Gasteiger partial charge is 0.465 e. The van der Waals surface area contributed by atoms with Crippen LogP contribution in [0.3, 0.4) is 0 Å². The van der Waals surface area contributed by atoms with Gasteiger partial charge in [0.05, 0.1) is 10.0 Å². The number of furan rings is 1. The zero-order valence-corrected chi connectivity index (χ0v) is 16.9. The monoisotopic (exact) mass is 436 g/mol. The maximum absolute atomic E-state index is 12.9. The molecule has 1 fully saturated rings. The van der Waals surface area contributed by atoms with Crippen molar-refractivity contribution in [2.24, 2.45) is 0 Å². The second-order valence-electron chi connectivity index (χ2n) is 6.63. The maximum atomic E-state index is 12.9. The lowest BCUT2D eigenvalue weighted by atomic mass is 9.96. The first-order valence-electron chi connectivity index (χ1n) is 8.55. The molecule has 1 saturated heterocycles. The fourth-order valence-electron chi connectivity index (χ4n) is 3.48. The summed E-state index contributed by atoms with van der Waals surface area (Å²) in [6.45, 7) is 5.00. The number of likely N-dealkylation sites (tertiary alicyclic amines) is 1. The SMILES string of the molecule is Cc1oc(C)c(C(=O)N2CCC(c3nc4cc(Cl)ccc4o3)CC2)c1Br. The molecule has 0 radical (unpaired) electrons.